The first-order valence-electron chi connectivity index (χ1n) is 7.24. The lowest BCUT2D eigenvalue weighted by Gasteiger charge is -2.13. The van der Waals surface area contributed by atoms with Crippen molar-refractivity contribution in [3.05, 3.63) is 65.7 Å². The van der Waals surface area contributed by atoms with Crippen molar-refractivity contribution in [1.29, 1.82) is 0 Å². The van der Waals surface area contributed by atoms with Crippen molar-refractivity contribution in [2.75, 3.05) is 4.72 Å². The Morgan fingerprint density at radius 2 is 1.96 bits per heavy atom. The molecule has 3 aromatic rings. The Morgan fingerprint density at radius 1 is 1.16 bits per heavy atom. The second-order valence-corrected chi connectivity index (χ2v) is 6.19. The molecule has 0 radical (unpaired) electrons. The first kappa shape index (κ1) is 17.3. The highest BCUT2D eigenvalue weighted by molar-refractivity contribution is 8.00. The topological polar surface area (TPSA) is 40.7 Å². The van der Waals surface area contributed by atoms with Gasteiger partial charge >= 0.3 is 6.18 Å². The zero-order valence-corrected chi connectivity index (χ0v) is 13.8. The molecule has 3 nitrogen and oxygen atoms in total. The number of anilines is 1. The largest absolute Gasteiger partial charge is 0.416 e. The summed E-state index contributed by atoms with van der Waals surface area (Å²) in [4.78, 5) is 8.01. The molecule has 0 saturated heterocycles. The number of alkyl halides is 3. The van der Waals surface area contributed by atoms with E-state index in [4.69, 9.17) is 0 Å². The molecule has 2 N–H and O–H groups in total. The van der Waals surface area contributed by atoms with Gasteiger partial charge in [0.05, 0.1) is 22.6 Å². The van der Waals surface area contributed by atoms with Gasteiger partial charge in [0, 0.05) is 17.3 Å². The predicted octanol–water partition coefficient (Wildman–Crippen LogP) is 5.66. The summed E-state index contributed by atoms with van der Waals surface area (Å²) in [5.74, 6) is -0.953. The van der Waals surface area contributed by atoms with Crippen molar-refractivity contribution in [2.24, 2.45) is 0 Å². The fourth-order valence-corrected chi connectivity index (χ4v) is 2.96. The van der Waals surface area contributed by atoms with Gasteiger partial charge in [0.15, 0.2) is 0 Å². The van der Waals surface area contributed by atoms with Crippen LogP contribution in [0.5, 0.6) is 0 Å². The summed E-state index contributed by atoms with van der Waals surface area (Å²) in [6.45, 7) is 1.30. The van der Waals surface area contributed by atoms with Gasteiger partial charge in [-0.05, 0) is 54.8 Å². The van der Waals surface area contributed by atoms with Crippen LogP contribution in [0.4, 0.5) is 23.2 Å². The van der Waals surface area contributed by atoms with Gasteiger partial charge in [-0.15, -0.1) is 0 Å². The highest BCUT2D eigenvalue weighted by atomic mass is 32.2. The molecule has 0 bridgehead atoms. The number of hydrogen-bond donors (Lipinski definition) is 2. The molecule has 25 heavy (non-hydrogen) atoms. The van der Waals surface area contributed by atoms with E-state index in [2.05, 4.69) is 14.7 Å². The van der Waals surface area contributed by atoms with E-state index in [9.17, 15) is 17.6 Å². The molecule has 0 unspecified atom stereocenters. The van der Waals surface area contributed by atoms with E-state index in [1.54, 1.807) is 18.5 Å². The van der Waals surface area contributed by atoms with Crippen LogP contribution in [0.2, 0.25) is 0 Å². The summed E-state index contributed by atoms with van der Waals surface area (Å²) in [6.07, 6.45) is -1.20. The lowest BCUT2D eigenvalue weighted by molar-refractivity contribution is -0.138. The standard InChI is InChI=1S/C17H13F4N3S/c1-10-6-15(13(18)8-12(10)17(19,20)21)24-25-11-7-16(23-9-11)14-4-2-3-5-22-14/h2-9,23-24H,1H3. The van der Waals surface area contributed by atoms with E-state index in [-0.39, 0.29) is 11.3 Å². The van der Waals surface area contributed by atoms with E-state index >= 15 is 0 Å². The zero-order chi connectivity index (χ0) is 18.0. The summed E-state index contributed by atoms with van der Waals surface area (Å²) >= 11 is 1.09. The van der Waals surface area contributed by atoms with Gasteiger partial charge < -0.3 is 9.71 Å². The summed E-state index contributed by atoms with van der Waals surface area (Å²) in [5.41, 5.74) is 0.524. The first-order valence-corrected chi connectivity index (χ1v) is 8.06. The number of nitrogens with zero attached hydrogens (tertiary/aromatic N) is 1. The molecule has 0 amide bonds. The zero-order valence-electron chi connectivity index (χ0n) is 13.0. The van der Waals surface area contributed by atoms with Gasteiger partial charge in [0.25, 0.3) is 0 Å². The quantitative estimate of drug-likeness (QED) is 0.462. The van der Waals surface area contributed by atoms with E-state index in [1.807, 2.05) is 18.2 Å². The molecule has 0 spiro atoms. The van der Waals surface area contributed by atoms with Crippen LogP contribution in [0.3, 0.4) is 0 Å². The number of aromatic amines is 1. The summed E-state index contributed by atoms with van der Waals surface area (Å²) < 4.78 is 55.0. The third-order valence-electron chi connectivity index (χ3n) is 3.50. The second-order valence-electron chi connectivity index (χ2n) is 5.31. The molecule has 0 fully saturated rings. The van der Waals surface area contributed by atoms with Crippen LogP contribution in [-0.2, 0) is 6.18 Å². The fraction of sp³-hybridized carbons (Fsp3) is 0.118. The Balaban J connectivity index is 1.74. The maximum atomic E-state index is 13.9. The van der Waals surface area contributed by atoms with Gasteiger partial charge in [-0.25, -0.2) is 4.39 Å². The van der Waals surface area contributed by atoms with Crippen molar-refractivity contribution in [3.63, 3.8) is 0 Å². The smallest absolute Gasteiger partial charge is 0.359 e. The molecule has 3 rings (SSSR count). The third kappa shape index (κ3) is 3.96. The van der Waals surface area contributed by atoms with Crippen molar-refractivity contribution >= 4 is 17.6 Å². The monoisotopic (exact) mass is 367 g/mol. The Labute approximate surface area is 145 Å². The third-order valence-corrected chi connectivity index (χ3v) is 4.29. The number of benzene rings is 1. The molecule has 8 heteroatoms. The van der Waals surface area contributed by atoms with Crippen molar-refractivity contribution in [3.8, 4) is 11.4 Å². The van der Waals surface area contributed by atoms with E-state index in [0.717, 1.165) is 34.3 Å². The summed E-state index contributed by atoms with van der Waals surface area (Å²) in [6, 6.07) is 8.97. The van der Waals surface area contributed by atoms with Crippen LogP contribution in [0, 0.1) is 12.7 Å². The molecule has 0 aliphatic rings. The van der Waals surface area contributed by atoms with E-state index in [1.165, 1.54) is 6.92 Å². The number of nitrogens with one attached hydrogen (secondary N) is 2. The van der Waals surface area contributed by atoms with Crippen LogP contribution < -0.4 is 4.72 Å². The molecule has 0 aliphatic heterocycles. The van der Waals surface area contributed by atoms with Crippen molar-refractivity contribution < 1.29 is 17.6 Å². The summed E-state index contributed by atoms with van der Waals surface area (Å²) in [7, 11) is 0. The van der Waals surface area contributed by atoms with Crippen LogP contribution in [0.15, 0.2) is 53.7 Å². The van der Waals surface area contributed by atoms with Gasteiger partial charge in [0.1, 0.15) is 5.82 Å². The maximum absolute atomic E-state index is 13.9. The van der Waals surface area contributed by atoms with E-state index in [0.29, 0.717) is 6.07 Å². The number of H-pyrrole nitrogens is 1. The van der Waals surface area contributed by atoms with Gasteiger partial charge in [-0.1, -0.05) is 6.07 Å². The molecule has 130 valence electrons. The lowest BCUT2D eigenvalue weighted by Crippen LogP contribution is -2.08. The van der Waals surface area contributed by atoms with E-state index < -0.39 is 17.6 Å². The van der Waals surface area contributed by atoms with Crippen LogP contribution in [0.25, 0.3) is 11.4 Å². The average Bonchev–Trinajstić information content (AvgIpc) is 3.04. The van der Waals surface area contributed by atoms with Gasteiger partial charge in [-0.3, -0.25) is 4.98 Å². The first-order chi connectivity index (χ1) is 11.8. The second kappa shape index (κ2) is 6.79. The van der Waals surface area contributed by atoms with Crippen molar-refractivity contribution in [1.82, 2.24) is 9.97 Å². The molecule has 2 aromatic heterocycles. The number of aromatic nitrogens is 2. The number of hydrogen-bond acceptors (Lipinski definition) is 3. The highest BCUT2D eigenvalue weighted by Crippen LogP contribution is 2.35. The Bertz CT molecular complexity index is 875. The SMILES string of the molecule is Cc1cc(NSc2c[nH]c(-c3ccccn3)c2)c(F)cc1C(F)(F)F. The fourth-order valence-electron chi connectivity index (χ4n) is 2.28. The summed E-state index contributed by atoms with van der Waals surface area (Å²) in [5, 5.41) is 0. The van der Waals surface area contributed by atoms with Gasteiger partial charge in [0.2, 0.25) is 0 Å². The minimum atomic E-state index is -4.57. The normalized spacial score (nSPS) is 11.6. The molecule has 0 aliphatic carbocycles. The van der Waals surface area contributed by atoms with Crippen LogP contribution >= 0.6 is 11.9 Å². The Morgan fingerprint density at radius 3 is 2.64 bits per heavy atom. The Hall–Kier alpha value is -2.48. The molecule has 0 atom stereocenters. The lowest BCUT2D eigenvalue weighted by atomic mass is 10.1. The highest BCUT2D eigenvalue weighted by Gasteiger charge is 2.33. The van der Waals surface area contributed by atoms with Crippen LogP contribution in [-0.4, -0.2) is 9.97 Å². The average molecular weight is 367 g/mol. The molecule has 0 saturated carbocycles. The molecule has 2 heterocycles. The minimum absolute atomic E-state index is 0.00362. The molecular weight excluding hydrogens is 354 g/mol. The number of aryl methyl sites for hydroxylation is 1. The van der Waals surface area contributed by atoms with Crippen molar-refractivity contribution in [2.45, 2.75) is 18.0 Å². The number of halogens is 4. The number of rotatable bonds is 4. The Kier molecular flexibility index (Phi) is 4.71. The van der Waals surface area contributed by atoms with Crippen LogP contribution in [0.1, 0.15) is 11.1 Å². The maximum Gasteiger partial charge on any atom is 0.416 e. The minimum Gasteiger partial charge on any atom is -0.359 e. The molecule has 1 aromatic carbocycles. The predicted molar refractivity (Wildman–Crippen MR) is 89.6 cm³/mol. The molecular formula is C17H13F4N3S. The number of pyridine rings is 1. The van der Waals surface area contributed by atoms with Gasteiger partial charge in [-0.2, -0.15) is 13.2 Å².